The lowest BCUT2D eigenvalue weighted by Gasteiger charge is -2.25. The van der Waals surface area contributed by atoms with Crippen LogP contribution in [0.5, 0.6) is 0 Å². The van der Waals surface area contributed by atoms with Crippen molar-refractivity contribution in [3.8, 4) is 0 Å². The van der Waals surface area contributed by atoms with Gasteiger partial charge in [-0.05, 0) is 53.7 Å². The topological polar surface area (TPSA) is 23.5 Å². The van der Waals surface area contributed by atoms with Crippen molar-refractivity contribution in [3.63, 3.8) is 0 Å². The van der Waals surface area contributed by atoms with Crippen LogP contribution < -0.4 is 0 Å². The second-order valence-corrected chi connectivity index (χ2v) is 7.07. The van der Waals surface area contributed by atoms with Crippen LogP contribution in [0.4, 0.5) is 0 Å². The molecule has 1 N–H and O–H groups in total. The summed E-state index contributed by atoms with van der Waals surface area (Å²) in [5.41, 5.74) is 0.961. The largest absolute Gasteiger partial charge is 0.387 e. The van der Waals surface area contributed by atoms with E-state index in [-0.39, 0.29) is 0 Å². The first kappa shape index (κ1) is 18.2. The number of fused-ring (bicyclic) bond motifs is 3. The minimum absolute atomic E-state index is 0.515. The highest BCUT2D eigenvalue weighted by molar-refractivity contribution is 6.37. The smallest absolute Gasteiger partial charge is 0.0922 e. The van der Waals surface area contributed by atoms with Gasteiger partial charge in [-0.15, -0.1) is 0 Å². The number of benzene rings is 3. The highest BCUT2D eigenvalue weighted by atomic mass is 35.5. The Morgan fingerprint density at radius 3 is 2.16 bits per heavy atom. The Balaban J connectivity index is 2.04. The van der Waals surface area contributed by atoms with Crippen LogP contribution in [0.2, 0.25) is 5.02 Å². The number of aliphatic hydroxyl groups excluding tert-OH is 1. The Hall–Kier alpha value is -1.61. The van der Waals surface area contributed by atoms with Gasteiger partial charge >= 0.3 is 0 Å². The van der Waals surface area contributed by atoms with E-state index in [1.165, 1.54) is 0 Å². The van der Waals surface area contributed by atoms with Gasteiger partial charge in [-0.2, -0.15) is 0 Å². The molecule has 0 saturated carbocycles. The zero-order valence-corrected chi connectivity index (χ0v) is 15.8. The minimum atomic E-state index is -0.515. The zero-order valence-electron chi connectivity index (χ0n) is 15.0. The third kappa shape index (κ3) is 3.82. The van der Waals surface area contributed by atoms with E-state index in [4.69, 9.17) is 11.6 Å². The third-order valence-electron chi connectivity index (χ3n) is 4.76. The van der Waals surface area contributed by atoms with Gasteiger partial charge in [-0.25, -0.2) is 0 Å². The molecule has 0 amide bonds. The van der Waals surface area contributed by atoms with Crippen molar-refractivity contribution in [1.29, 1.82) is 0 Å². The van der Waals surface area contributed by atoms with Crippen LogP contribution in [0.25, 0.3) is 21.5 Å². The van der Waals surface area contributed by atoms with Gasteiger partial charge in [-0.3, -0.25) is 0 Å². The molecule has 0 unspecified atom stereocenters. The lowest BCUT2D eigenvalue weighted by molar-refractivity contribution is 0.114. The van der Waals surface area contributed by atoms with Crippen LogP contribution in [0.15, 0.2) is 48.5 Å². The van der Waals surface area contributed by atoms with Gasteiger partial charge in [0.25, 0.3) is 0 Å². The summed E-state index contributed by atoms with van der Waals surface area (Å²) >= 11 is 6.53. The molecule has 3 aromatic rings. The molecule has 0 radical (unpaired) electrons. The lowest BCUT2D eigenvalue weighted by atomic mass is 9.95. The van der Waals surface area contributed by atoms with Crippen molar-refractivity contribution in [3.05, 3.63) is 59.1 Å². The molecule has 0 aliphatic rings. The molecule has 0 saturated heterocycles. The fourth-order valence-electron chi connectivity index (χ4n) is 3.67. The molecule has 0 aromatic heterocycles. The molecule has 2 nitrogen and oxygen atoms in total. The Bertz CT molecular complexity index is 855. The van der Waals surface area contributed by atoms with Crippen molar-refractivity contribution < 1.29 is 5.11 Å². The molecule has 3 aromatic carbocycles. The highest BCUT2D eigenvalue weighted by Crippen LogP contribution is 2.35. The molecule has 0 bridgehead atoms. The third-order valence-corrected chi connectivity index (χ3v) is 5.07. The predicted molar refractivity (Wildman–Crippen MR) is 108 cm³/mol. The zero-order chi connectivity index (χ0) is 17.8. The number of aliphatic hydroxyl groups is 1. The van der Waals surface area contributed by atoms with E-state index in [0.717, 1.165) is 58.1 Å². The van der Waals surface area contributed by atoms with Crippen molar-refractivity contribution >= 4 is 33.1 Å². The van der Waals surface area contributed by atoms with Crippen LogP contribution >= 0.6 is 11.6 Å². The molecule has 0 heterocycles. The molecule has 3 heteroatoms. The average Bonchev–Trinajstić information content (AvgIpc) is 2.62. The molecular weight excluding hydrogens is 330 g/mol. The molecule has 25 heavy (non-hydrogen) atoms. The molecular formula is C22H26ClNO. The first-order valence-corrected chi connectivity index (χ1v) is 9.53. The van der Waals surface area contributed by atoms with E-state index in [2.05, 4.69) is 30.9 Å². The lowest BCUT2D eigenvalue weighted by Crippen LogP contribution is -2.30. The van der Waals surface area contributed by atoms with Crippen molar-refractivity contribution in [2.75, 3.05) is 19.6 Å². The fourth-order valence-corrected chi connectivity index (χ4v) is 3.94. The van der Waals surface area contributed by atoms with Crippen molar-refractivity contribution in [2.45, 2.75) is 32.8 Å². The highest BCUT2D eigenvalue weighted by Gasteiger charge is 2.16. The first-order valence-electron chi connectivity index (χ1n) is 9.16. The van der Waals surface area contributed by atoms with Crippen molar-refractivity contribution in [2.24, 2.45) is 0 Å². The van der Waals surface area contributed by atoms with Gasteiger partial charge in [-0.1, -0.05) is 67.9 Å². The molecule has 3 rings (SSSR count). The monoisotopic (exact) mass is 355 g/mol. The molecule has 1 atom stereocenters. The normalized spacial score (nSPS) is 13.0. The summed E-state index contributed by atoms with van der Waals surface area (Å²) in [6.07, 6.45) is 1.68. The van der Waals surface area contributed by atoms with E-state index in [9.17, 15) is 5.11 Å². The Morgan fingerprint density at radius 1 is 0.880 bits per heavy atom. The summed E-state index contributed by atoms with van der Waals surface area (Å²) in [4.78, 5) is 2.34. The van der Waals surface area contributed by atoms with Crippen LogP contribution in [0, 0.1) is 0 Å². The fraction of sp³-hybridized carbons (Fsp3) is 0.364. The molecule has 132 valence electrons. The van der Waals surface area contributed by atoms with Gasteiger partial charge in [0.1, 0.15) is 0 Å². The summed E-state index contributed by atoms with van der Waals surface area (Å²) in [5.74, 6) is 0. The van der Waals surface area contributed by atoms with Crippen molar-refractivity contribution in [1.82, 2.24) is 4.90 Å². The molecule has 0 fully saturated rings. The second-order valence-electron chi connectivity index (χ2n) is 6.66. The van der Waals surface area contributed by atoms with E-state index >= 15 is 0 Å². The SMILES string of the molecule is CCCN(CCC)C[C@@H](O)c1cccc2c1cc(Cl)c1ccccc12. The Kier molecular flexibility index (Phi) is 5.95. The summed E-state index contributed by atoms with van der Waals surface area (Å²) in [6.45, 7) is 7.04. The first-order chi connectivity index (χ1) is 12.2. The maximum Gasteiger partial charge on any atom is 0.0922 e. The quantitative estimate of drug-likeness (QED) is 0.541. The number of hydrogen-bond acceptors (Lipinski definition) is 2. The predicted octanol–water partition coefficient (Wildman–Crippen LogP) is 5.80. The van der Waals surface area contributed by atoms with Gasteiger partial charge in [0.15, 0.2) is 0 Å². The number of hydrogen-bond donors (Lipinski definition) is 1. The Morgan fingerprint density at radius 2 is 1.48 bits per heavy atom. The van der Waals surface area contributed by atoms with Crippen LogP contribution in [-0.4, -0.2) is 29.6 Å². The number of nitrogens with zero attached hydrogens (tertiary/aromatic N) is 1. The minimum Gasteiger partial charge on any atom is -0.387 e. The summed E-state index contributed by atoms with van der Waals surface area (Å²) in [5, 5.41) is 16.0. The van der Waals surface area contributed by atoms with Gasteiger partial charge < -0.3 is 10.0 Å². The van der Waals surface area contributed by atoms with Gasteiger partial charge in [0.2, 0.25) is 0 Å². The second kappa shape index (κ2) is 8.18. The van der Waals surface area contributed by atoms with Crippen LogP contribution in [-0.2, 0) is 0 Å². The summed E-state index contributed by atoms with van der Waals surface area (Å²) in [6, 6.07) is 16.4. The van der Waals surface area contributed by atoms with Crippen LogP contribution in [0.3, 0.4) is 0 Å². The van der Waals surface area contributed by atoms with E-state index in [1.54, 1.807) is 0 Å². The van der Waals surface area contributed by atoms with E-state index in [1.807, 2.05) is 36.4 Å². The Labute approximate surface area is 155 Å². The van der Waals surface area contributed by atoms with Gasteiger partial charge in [0.05, 0.1) is 6.10 Å². The van der Waals surface area contributed by atoms with E-state index in [0.29, 0.717) is 6.54 Å². The maximum atomic E-state index is 10.9. The number of rotatable bonds is 7. The summed E-state index contributed by atoms with van der Waals surface area (Å²) < 4.78 is 0. The number of halogens is 1. The average molecular weight is 356 g/mol. The summed E-state index contributed by atoms with van der Waals surface area (Å²) in [7, 11) is 0. The van der Waals surface area contributed by atoms with E-state index < -0.39 is 6.10 Å². The standard InChI is InChI=1S/C22H26ClNO/c1-3-12-24(13-4-2)15-22(25)19-11-7-10-17-16-8-5-6-9-18(16)21(23)14-20(17)19/h5-11,14,22,25H,3-4,12-13,15H2,1-2H3/t22-/m1/s1. The van der Waals surface area contributed by atoms with Gasteiger partial charge in [0, 0.05) is 17.0 Å². The molecule has 0 aliphatic carbocycles. The van der Waals surface area contributed by atoms with Crippen LogP contribution in [0.1, 0.15) is 38.4 Å². The maximum absolute atomic E-state index is 10.9. The molecule has 0 spiro atoms. The molecule has 0 aliphatic heterocycles.